The van der Waals surface area contributed by atoms with Gasteiger partial charge in [-0.05, 0) is 47.9 Å². The Morgan fingerprint density at radius 3 is 2.56 bits per heavy atom. The van der Waals surface area contributed by atoms with E-state index in [-0.39, 0.29) is 28.6 Å². The molecule has 2 aliphatic rings. The maximum absolute atomic E-state index is 13.4. The lowest BCUT2D eigenvalue weighted by molar-refractivity contribution is -0.128. The van der Waals surface area contributed by atoms with Crippen LogP contribution in [0.1, 0.15) is 38.3 Å². The van der Waals surface area contributed by atoms with Crippen molar-refractivity contribution in [1.29, 1.82) is 0 Å². The summed E-state index contributed by atoms with van der Waals surface area (Å²) in [5.41, 5.74) is 3.11. The van der Waals surface area contributed by atoms with E-state index in [1.54, 1.807) is 36.0 Å². The van der Waals surface area contributed by atoms with Crippen LogP contribution >= 0.6 is 11.8 Å². The first-order valence-electron chi connectivity index (χ1n) is 10.7. The lowest BCUT2D eigenvalue weighted by atomic mass is 9.91. The van der Waals surface area contributed by atoms with Crippen LogP contribution in [0.4, 0.5) is 4.39 Å². The number of morpholine rings is 1. The summed E-state index contributed by atoms with van der Waals surface area (Å²) < 4.78 is 18.9. The maximum atomic E-state index is 13.4. The van der Waals surface area contributed by atoms with Crippen LogP contribution in [0.2, 0.25) is 0 Å². The molecule has 0 aromatic heterocycles. The first kappa shape index (κ1) is 22.8. The van der Waals surface area contributed by atoms with Crippen LogP contribution in [-0.2, 0) is 9.53 Å². The lowest BCUT2D eigenvalue weighted by Crippen LogP contribution is -2.42. The van der Waals surface area contributed by atoms with Gasteiger partial charge in [0.15, 0.2) is 0 Å². The summed E-state index contributed by atoms with van der Waals surface area (Å²) in [6.45, 7) is 6.20. The molecular formula is C24H27FN2O4S. The van der Waals surface area contributed by atoms with Gasteiger partial charge in [0.05, 0.1) is 24.5 Å². The van der Waals surface area contributed by atoms with Gasteiger partial charge in [0, 0.05) is 32.1 Å². The molecule has 2 saturated heterocycles. The zero-order chi connectivity index (χ0) is 22.7. The molecule has 1 N–H and O–H groups in total. The Morgan fingerprint density at radius 1 is 1.19 bits per heavy atom. The second kappa shape index (κ2) is 10.0. The van der Waals surface area contributed by atoms with Gasteiger partial charge < -0.3 is 14.7 Å². The number of carbonyl (C=O) groups is 2. The minimum Gasteiger partial charge on any atom is -0.478 e. The van der Waals surface area contributed by atoms with Gasteiger partial charge in [-0.2, -0.15) is 0 Å². The van der Waals surface area contributed by atoms with Crippen molar-refractivity contribution in [1.82, 2.24) is 9.80 Å². The number of ether oxygens (including phenoxy) is 1. The van der Waals surface area contributed by atoms with Gasteiger partial charge >= 0.3 is 5.97 Å². The summed E-state index contributed by atoms with van der Waals surface area (Å²) in [7, 11) is 0. The van der Waals surface area contributed by atoms with Crippen LogP contribution in [0.25, 0.3) is 0 Å². The first-order valence-corrected chi connectivity index (χ1v) is 11.8. The van der Waals surface area contributed by atoms with Crippen molar-refractivity contribution in [3.63, 3.8) is 0 Å². The van der Waals surface area contributed by atoms with Gasteiger partial charge in [-0.15, -0.1) is 11.8 Å². The fourth-order valence-electron chi connectivity index (χ4n) is 4.41. The molecule has 2 aromatic carbocycles. The normalized spacial score (nSPS) is 20.5. The summed E-state index contributed by atoms with van der Waals surface area (Å²) in [6, 6.07) is 11.5. The molecule has 0 spiro atoms. The number of hydrogen-bond donors (Lipinski definition) is 1. The van der Waals surface area contributed by atoms with Gasteiger partial charge in [-0.3, -0.25) is 9.69 Å². The minimum absolute atomic E-state index is 0.0153. The third-order valence-electron chi connectivity index (χ3n) is 6.08. The summed E-state index contributed by atoms with van der Waals surface area (Å²) in [6.07, 6.45) is 0. The molecule has 2 fully saturated rings. The molecular weight excluding hydrogens is 431 g/mol. The molecule has 0 saturated carbocycles. The largest absolute Gasteiger partial charge is 0.478 e. The number of carboxylic acid groups (broad SMARTS) is 1. The van der Waals surface area contributed by atoms with Crippen LogP contribution in [-0.4, -0.2) is 71.9 Å². The predicted octanol–water partition coefficient (Wildman–Crippen LogP) is 3.52. The van der Waals surface area contributed by atoms with E-state index in [4.69, 9.17) is 4.74 Å². The fourth-order valence-corrected chi connectivity index (χ4v) is 5.61. The summed E-state index contributed by atoms with van der Waals surface area (Å²) >= 11 is 1.55. The Bertz CT molecular complexity index is 978. The van der Waals surface area contributed by atoms with E-state index in [1.165, 1.54) is 12.1 Å². The summed E-state index contributed by atoms with van der Waals surface area (Å²) in [5.74, 6) is -0.776. The van der Waals surface area contributed by atoms with Crippen LogP contribution in [0.5, 0.6) is 0 Å². The predicted molar refractivity (Wildman–Crippen MR) is 121 cm³/mol. The number of amides is 1. The zero-order valence-corrected chi connectivity index (χ0v) is 18.8. The summed E-state index contributed by atoms with van der Waals surface area (Å²) in [4.78, 5) is 28.4. The molecule has 0 radical (unpaired) electrons. The van der Waals surface area contributed by atoms with Crippen molar-refractivity contribution in [2.24, 2.45) is 0 Å². The van der Waals surface area contributed by atoms with Crippen molar-refractivity contribution in [2.75, 3.05) is 45.1 Å². The molecule has 32 heavy (non-hydrogen) atoms. The van der Waals surface area contributed by atoms with Gasteiger partial charge in [0.2, 0.25) is 5.91 Å². The number of aryl methyl sites for hydroxylation is 1. The first-order chi connectivity index (χ1) is 15.4. The highest BCUT2D eigenvalue weighted by Gasteiger charge is 2.35. The SMILES string of the molecule is Cc1cc(C(=O)O)ccc1C(CN1CCOCC1)CN1C(=O)CSC1c1ccc(F)cc1. The Balaban J connectivity index is 1.62. The van der Waals surface area contributed by atoms with Crippen molar-refractivity contribution < 1.29 is 23.8 Å². The van der Waals surface area contributed by atoms with Crippen molar-refractivity contribution >= 4 is 23.6 Å². The highest BCUT2D eigenvalue weighted by Crippen LogP contribution is 2.40. The van der Waals surface area contributed by atoms with Gasteiger partial charge in [0.25, 0.3) is 0 Å². The van der Waals surface area contributed by atoms with Crippen molar-refractivity contribution in [3.05, 3.63) is 70.5 Å². The number of hydrogen-bond acceptors (Lipinski definition) is 5. The van der Waals surface area contributed by atoms with Crippen LogP contribution in [0.15, 0.2) is 42.5 Å². The maximum Gasteiger partial charge on any atom is 0.335 e. The number of carboxylic acids is 1. The molecule has 2 atom stereocenters. The van der Waals surface area contributed by atoms with E-state index in [0.29, 0.717) is 25.5 Å². The molecule has 2 heterocycles. The second-order valence-corrected chi connectivity index (χ2v) is 9.32. The average molecular weight is 459 g/mol. The number of rotatable bonds is 7. The zero-order valence-electron chi connectivity index (χ0n) is 18.0. The van der Waals surface area contributed by atoms with Crippen LogP contribution in [0, 0.1) is 12.7 Å². The Morgan fingerprint density at radius 2 is 1.91 bits per heavy atom. The molecule has 170 valence electrons. The molecule has 1 amide bonds. The molecule has 2 unspecified atom stereocenters. The lowest BCUT2D eigenvalue weighted by Gasteiger charge is -2.34. The highest BCUT2D eigenvalue weighted by atomic mass is 32.2. The molecule has 6 nitrogen and oxygen atoms in total. The van der Waals surface area contributed by atoms with Crippen molar-refractivity contribution in [2.45, 2.75) is 18.2 Å². The standard InChI is InChI=1S/C24H27FN2O4S/c1-16-12-18(24(29)30)4-7-21(16)19(13-26-8-10-31-11-9-26)14-27-22(28)15-32-23(27)17-2-5-20(25)6-3-17/h2-7,12,19,23H,8-11,13-15H2,1H3,(H,29,30). The van der Waals surface area contributed by atoms with Gasteiger partial charge in [0.1, 0.15) is 11.2 Å². The quantitative estimate of drug-likeness (QED) is 0.685. The Kier molecular flexibility index (Phi) is 7.13. The molecule has 8 heteroatoms. The third kappa shape index (κ3) is 5.14. The van der Waals surface area contributed by atoms with E-state index >= 15 is 0 Å². The molecule has 0 bridgehead atoms. The number of nitrogens with zero attached hydrogens (tertiary/aromatic N) is 2. The molecule has 0 aliphatic carbocycles. The smallest absolute Gasteiger partial charge is 0.335 e. The third-order valence-corrected chi connectivity index (χ3v) is 7.34. The Hall–Kier alpha value is -2.42. The number of aromatic carboxylic acids is 1. The van der Waals surface area contributed by atoms with E-state index in [2.05, 4.69) is 4.90 Å². The highest BCUT2D eigenvalue weighted by molar-refractivity contribution is 8.00. The fraction of sp³-hybridized carbons (Fsp3) is 0.417. The second-order valence-electron chi connectivity index (χ2n) is 8.25. The number of thioether (sulfide) groups is 1. The van der Waals surface area contributed by atoms with E-state index in [0.717, 1.165) is 36.3 Å². The van der Waals surface area contributed by atoms with E-state index in [1.807, 2.05) is 17.9 Å². The number of halogens is 1. The summed E-state index contributed by atoms with van der Waals surface area (Å²) in [5, 5.41) is 9.18. The Labute approximate surface area is 191 Å². The average Bonchev–Trinajstić information content (AvgIpc) is 3.14. The number of carbonyl (C=O) groups excluding carboxylic acids is 1. The van der Waals surface area contributed by atoms with Gasteiger partial charge in [-0.25, -0.2) is 9.18 Å². The van der Waals surface area contributed by atoms with Crippen LogP contribution < -0.4 is 0 Å². The van der Waals surface area contributed by atoms with Crippen molar-refractivity contribution in [3.8, 4) is 0 Å². The van der Waals surface area contributed by atoms with Crippen LogP contribution in [0.3, 0.4) is 0 Å². The monoisotopic (exact) mass is 458 g/mol. The molecule has 2 aliphatic heterocycles. The topological polar surface area (TPSA) is 70.1 Å². The molecule has 4 rings (SSSR count). The number of benzene rings is 2. The minimum atomic E-state index is -0.952. The van der Waals surface area contributed by atoms with Gasteiger partial charge in [-0.1, -0.05) is 18.2 Å². The van der Waals surface area contributed by atoms with E-state index in [9.17, 15) is 19.1 Å². The molecule has 2 aromatic rings. The van der Waals surface area contributed by atoms with E-state index < -0.39 is 5.97 Å².